The van der Waals surface area contributed by atoms with Crippen LogP contribution in [0.5, 0.6) is 0 Å². The van der Waals surface area contributed by atoms with Crippen LogP contribution < -0.4 is 0 Å². The quantitative estimate of drug-likeness (QED) is 0.783. The normalized spacial score (nSPS) is 11.3. The molecular formula is C16H16ClNO6S. The number of carbonyl (C=O) groups is 2. The summed E-state index contributed by atoms with van der Waals surface area (Å²) in [5.74, 6) is -2.15. The van der Waals surface area contributed by atoms with Crippen LogP contribution in [0.15, 0.2) is 40.8 Å². The highest BCUT2D eigenvalue weighted by Crippen LogP contribution is 2.16. The molecule has 0 unspecified atom stereocenters. The minimum Gasteiger partial charge on any atom is -0.480 e. The van der Waals surface area contributed by atoms with Gasteiger partial charge in [-0.25, -0.2) is 8.42 Å². The maximum atomic E-state index is 12.5. The summed E-state index contributed by atoms with van der Waals surface area (Å²) >= 11 is 5.81. The van der Waals surface area contributed by atoms with Gasteiger partial charge in [0.2, 0.25) is 0 Å². The largest absolute Gasteiger partial charge is 0.480 e. The molecule has 0 fully saturated rings. The number of sulfone groups is 1. The fraction of sp³-hybridized carbons (Fsp3) is 0.250. The van der Waals surface area contributed by atoms with Crippen molar-refractivity contribution in [3.8, 4) is 0 Å². The van der Waals surface area contributed by atoms with E-state index in [1.807, 2.05) is 0 Å². The molecule has 0 atom stereocenters. The Labute approximate surface area is 149 Å². The number of rotatable bonds is 7. The smallest absolute Gasteiger partial charge is 0.323 e. The fourth-order valence-corrected chi connectivity index (χ4v) is 2.96. The Hall–Kier alpha value is -2.32. The van der Waals surface area contributed by atoms with Gasteiger partial charge < -0.3 is 14.4 Å². The molecule has 1 aromatic heterocycles. The van der Waals surface area contributed by atoms with Gasteiger partial charge in [-0.15, -0.1) is 0 Å². The average molecular weight is 386 g/mol. The van der Waals surface area contributed by atoms with Gasteiger partial charge in [0.15, 0.2) is 15.6 Å². The number of hydrogen-bond donors (Lipinski definition) is 1. The summed E-state index contributed by atoms with van der Waals surface area (Å²) < 4.78 is 27.8. The number of benzene rings is 1. The van der Waals surface area contributed by atoms with E-state index in [9.17, 15) is 18.0 Å². The van der Waals surface area contributed by atoms with Crippen LogP contribution in [0.1, 0.15) is 21.9 Å². The number of aliphatic carboxylic acids is 1. The van der Waals surface area contributed by atoms with Crippen molar-refractivity contribution >= 4 is 33.3 Å². The molecule has 0 aliphatic rings. The molecule has 0 spiro atoms. The Bertz CT molecular complexity index is 872. The average Bonchev–Trinajstić information content (AvgIpc) is 2.94. The van der Waals surface area contributed by atoms with E-state index in [-0.39, 0.29) is 23.8 Å². The molecule has 2 rings (SSSR count). The van der Waals surface area contributed by atoms with Crippen LogP contribution in [0, 0.1) is 0 Å². The van der Waals surface area contributed by atoms with E-state index in [4.69, 9.17) is 21.1 Å². The van der Waals surface area contributed by atoms with Crippen LogP contribution in [0.3, 0.4) is 0 Å². The molecule has 2 aromatic rings. The summed E-state index contributed by atoms with van der Waals surface area (Å²) in [6.07, 6.45) is 1.05. The lowest BCUT2D eigenvalue weighted by molar-refractivity contribution is -0.137. The first-order chi connectivity index (χ1) is 11.6. The van der Waals surface area contributed by atoms with Crippen molar-refractivity contribution < 1.29 is 27.5 Å². The van der Waals surface area contributed by atoms with Gasteiger partial charge in [0, 0.05) is 17.8 Å². The predicted octanol–water partition coefficient (Wildman–Crippen LogP) is 2.20. The zero-order chi connectivity index (χ0) is 18.6. The summed E-state index contributed by atoms with van der Waals surface area (Å²) in [5.41, 5.74) is 0.696. The summed E-state index contributed by atoms with van der Waals surface area (Å²) in [5, 5.41) is 9.56. The van der Waals surface area contributed by atoms with Gasteiger partial charge in [-0.3, -0.25) is 9.59 Å². The second-order valence-electron chi connectivity index (χ2n) is 5.52. The topological polar surface area (TPSA) is 105 Å². The van der Waals surface area contributed by atoms with Crippen molar-refractivity contribution in [1.29, 1.82) is 0 Å². The van der Waals surface area contributed by atoms with E-state index in [1.165, 1.54) is 12.1 Å². The number of hydrogen-bond acceptors (Lipinski definition) is 5. The monoisotopic (exact) mass is 385 g/mol. The SMILES string of the molecule is CS(=O)(=O)Cc1ccc(C(=O)N(CC(=O)O)Cc2ccc(Cl)cc2)o1. The zero-order valence-corrected chi connectivity index (χ0v) is 14.9. The molecule has 1 heterocycles. The molecule has 0 saturated heterocycles. The maximum Gasteiger partial charge on any atom is 0.323 e. The van der Waals surface area contributed by atoms with Crippen molar-refractivity contribution in [1.82, 2.24) is 4.90 Å². The van der Waals surface area contributed by atoms with Crippen LogP contribution in [-0.2, 0) is 26.9 Å². The molecular weight excluding hydrogens is 370 g/mol. The molecule has 0 aliphatic heterocycles. The summed E-state index contributed by atoms with van der Waals surface area (Å²) in [4.78, 5) is 24.7. The molecule has 1 amide bonds. The predicted molar refractivity (Wildman–Crippen MR) is 91.1 cm³/mol. The van der Waals surface area contributed by atoms with Crippen LogP contribution in [0.4, 0.5) is 0 Å². The number of amides is 1. The van der Waals surface area contributed by atoms with Crippen LogP contribution in [-0.4, -0.2) is 43.1 Å². The fourth-order valence-electron chi connectivity index (χ4n) is 2.16. The van der Waals surface area contributed by atoms with Gasteiger partial charge in [-0.05, 0) is 29.8 Å². The third-order valence-corrected chi connectivity index (χ3v) is 4.24. The van der Waals surface area contributed by atoms with Gasteiger partial charge in [0.25, 0.3) is 5.91 Å². The highest BCUT2D eigenvalue weighted by atomic mass is 35.5. The van der Waals surface area contributed by atoms with Gasteiger partial charge >= 0.3 is 5.97 Å². The second kappa shape index (κ2) is 7.71. The lowest BCUT2D eigenvalue weighted by atomic mass is 10.2. The molecule has 0 aliphatic carbocycles. The molecule has 25 heavy (non-hydrogen) atoms. The van der Waals surface area contributed by atoms with Crippen molar-refractivity contribution in [2.75, 3.05) is 12.8 Å². The highest BCUT2D eigenvalue weighted by molar-refractivity contribution is 7.89. The molecule has 134 valence electrons. The van der Waals surface area contributed by atoms with E-state index in [1.54, 1.807) is 24.3 Å². The van der Waals surface area contributed by atoms with Crippen molar-refractivity contribution in [3.05, 3.63) is 58.5 Å². The Morgan fingerprint density at radius 1 is 1.16 bits per heavy atom. The van der Waals surface area contributed by atoms with E-state index in [0.717, 1.165) is 11.2 Å². The van der Waals surface area contributed by atoms with Crippen LogP contribution in [0.2, 0.25) is 5.02 Å². The van der Waals surface area contributed by atoms with E-state index in [0.29, 0.717) is 10.6 Å². The molecule has 1 N–H and O–H groups in total. The molecule has 0 saturated carbocycles. The first-order valence-corrected chi connectivity index (χ1v) is 9.60. The lowest BCUT2D eigenvalue weighted by Crippen LogP contribution is -2.35. The standard InChI is InChI=1S/C16H16ClNO6S/c1-25(22,23)10-13-6-7-14(24-13)16(21)18(9-15(19)20)8-11-2-4-12(17)5-3-11/h2-7H,8-10H2,1H3,(H,19,20). The van der Waals surface area contributed by atoms with Gasteiger partial charge in [0.05, 0.1) is 0 Å². The minimum atomic E-state index is -3.31. The Morgan fingerprint density at radius 2 is 1.80 bits per heavy atom. The first kappa shape index (κ1) is 19.0. The molecule has 9 heteroatoms. The molecule has 0 bridgehead atoms. The third-order valence-electron chi connectivity index (χ3n) is 3.18. The Kier molecular flexibility index (Phi) is 5.86. The maximum absolute atomic E-state index is 12.5. The highest BCUT2D eigenvalue weighted by Gasteiger charge is 2.22. The van der Waals surface area contributed by atoms with Crippen LogP contribution in [0.25, 0.3) is 0 Å². The molecule has 1 aromatic carbocycles. The number of carboxylic acid groups (broad SMARTS) is 1. The van der Waals surface area contributed by atoms with Crippen molar-refractivity contribution in [2.45, 2.75) is 12.3 Å². The number of furan rings is 1. The lowest BCUT2D eigenvalue weighted by Gasteiger charge is -2.19. The van der Waals surface area contributed by atoms with Crippen molar-refractivity contribution in [3.63, 3.8) is 0 Å². The van der Waals surface area contributed by atoms with Crippen LogP contribution >= 0.6 is 11.6 Å². The summed E-state index contributed by atoms with van der Waals surface area (Å²) in [6.45, 7) is -0.478. The summed E-state index contributed by atoms with van der Waals surface area (Å²) in [7, 11) is -3.31. The third kappa shape index (κ3) is 5.91. The van der Waals surface area contributed by atoms with E-state index >= 15 is 0 Å². The zero-order valence-electron chi connectivity index (χ0n) is 13.3. The number of carbonyl (C=O) groups excluding carboxylic acids is 1. The van der Waals surface area contributed by atoms with Gasteiger partial charge in [0.1, 0.15) is 18.1 Å². The number of carboxylic acids is 1. The minimum absolute atomic E-state index is 0.0460. The van der Waals surface area contributed by atoms with Gasteiger partial charge in [-0.1, -0.05) is 23.7 Å². The second-order valence-corrected chi connectivity index (χ2v) is 8.09. The number of nitrogens with zero attached hydrogens (tertiary/aromatic N) is 1. The van der Waals surface area contributed by atoms with Crippen molar-refractivity contribution in [2.24, 2.45) is 0 Å². The first-order valence-electron chi connectivity index (χ1n) is 7.16. The van der Waals surface area contributed by atoms with E-state index < -0.39 is 28.3 Å². The Morgan fingerprint density at radius 3 is 2.36 bits per heavy atom. The molecule has 7 nitrogen and oxygen atoms in total. The Balaban J connectivity index is 2.20. The van der Waals surface area contributed by atoms with E-state index in [2.05, 4.69) is 0 Å². The van der Waals surface area contributed by atoms with Gasteiger partial charge in [-0.2, -0.15) is 0 Å². The number of halogens is 1. The summed E-state index contributed by atoms with van der Waals surface area (Å²) in [6, 6.07) is 9.35. The molecule has 0 radical (unpaired) electrons.